The second-order valence-corrected chi connectivity index (χ2v) is 20.2. The molecule has 0 aliphatic rings. The summed E-state index contributed by atoms with van der Waals surface area (Å²) in [6.07, 6.45) is 86.4. The van der Waals surface area contributed by atoms with Gasteiger partial charge in [-0.3, -0.25) is 14.4 Å². The van der Waals surface area contributed by atoms with Crippen LogP contribution in [0.2, 0.25) is 0 Å². The maximum Gasteiger partial charge on any atom is 0.306 e. The van der Waals surface area contributed by atoms with Gasteiger partial charge in [0.05, 0.1) is 0 Å². The minimum Gasteiger partial charge on any atom is -0.462 e. The zero-order chi connectivity index (χ0) is 54.3. The molecule has 0 spiro atoms. The van der Waals surface area contributed by atoms with Gasteiger partial charge in [0.25, 0.3) is 0 Å². The summed E-state index contributed by atoms with van der Waals surface area (Å²) in [5.74, 6) is -0.913. The van der Waals surface area contributed by atoms with Crippen molar-refractivity contribution in [1.29, 1.82) is 0 Å². The molecule has 0 aromatic carbocycles. The van der Waals surface area contributed by atoms with E-state index in [1.165, 1.54) is 103 Å². The molecule has 0 rings (SSSR count). The van der Waals surface area contributed by atoms with E-state index in [4.69, 9.17) is 14.2 Å². The Morgan fingerprint density at radius 3 is 0.827 bits per heavy atom. The fraction of sp³-hybridized carbons (Fsp3) is 0.667. The molecule has 0 aromatic rings. The van der Waals surface area contributed by atoms with E-state index in [0.29, 0.717) is 19.3 Å². The minimum atomic E-state index is -0.789. The van der Waals surface area contributed by atoms with Gasteiger partial charge in [-0.2, -0.15) is 0 Å². The van der Waals surface area contributed by atoms with Crippen molar-refractivity contribution in [1.82, 2.24) is 0 Å². The number of carbonyl (C=O) groups is 3. The van der Waals surface area contributed by atoms with Gasteiger partial charge in [-0.25, -0.2) is 0 Å². The third kappa shape index (κ3) is 60.6. The van der Waals surface area contributed by atoms with Gasteiger partial charge in [-0.15, -0.1) is 0 Å². The summed E-state index contributed by atoms with van der Waals surface area (Å²) < 4.78 is 16.8. The number of hydrogen-bond donors (Lipinski definition) is 0. The van der Waals surface area contributed by atoms with Crippen LogP contribution < -0.4 is 0 Å². The molecule has 1 atom stereocenters. The lowest BCUT2D eigenvalue weighted by molar-refractivity contribution is -0.167. The first-order valence-electron chi connectivity index (χ1n) is 31.0. The zero-order valence-electron chi connectivity index (χ0n) is 48.8. The van der Waals surface area contributed by atoms with E-state index < -0.39 is 6.10 Å². The summed E-state index contributed by atoms with van der Waals surface area (Å²) >= 11 is 0. The highest BCUT2D eigenvalue weighted by atomic mass is 16.6. The van der Waals surface area contributed by atoms with Crippen molar-refractivity contribution in [2.45, 2.75) is 284 Å². The number of unbranched alkanes of at least 4 members (excludes halogenated alkanes) is 24. The Bertz CT molecular complexity index is 1570. The summed E-state index contributed by atoms with van der Waals surface area (Å²) in [4.78, 5) is 38.1. The third-order valence-electron chi connectivity index (χ3n) is 13.0. The molecule has 0 aliphatic carbocycles. The van der Waals surface area contributed by atoms with Crippen molar-refractivity contribution in [2.24, 2.45) is 0 Å². The second-order valence-electron chi connectivity index (χ2n) is 20.2. The maximum absolute atomic E-state index is 12.8. The second kappa shape index (κ2) is 62.4. The van der Waals surface area contributed by atoms with E-state index in [9.17, 15) is 14.4 Å². The molecule has 426 valence electrons. The highest BCUT2D eigenvalue weighted by Crippen LogP contribution is 2.15. The van der Waals surface area contributed by atoms with E-state index in [2.05, 4.69) is 142 Å². The lowest BCUT2D eigenvalue weighted by Gasteiger charge is -2.18. The molecule has 0 N–H and O–H groups in total. The van der Waals surface area contributed by atoms with Crippen molar-refractivity contribution in [3.63, 3.8) is 0 Å². The fourth-order valence-electron chi connectivity index (χ4n) is 8.31. The molecular weight excluding hydrogens is 925 g/mol. The Morgan fingerprint density at radius 2 is 0.520 bits per heavy atom. The van der Waals surface area contributed by atoms with Crippen LogP contribution in [0.4, 0.5) is 0 Å². The third-order valence-corrected chi connectivity index (χ3v) is 13.0. The molecule has 6 nitrogen and oxygen atoms in total. The first kappa shape index (κ1) is 70.8. The van der Waals surface area contributed by atoms with E-state index in [-0.39, 0.29) is 31.1 Å². The van der Waals surface area contributed by atoms with Crippen LogP contribution in [0.3, 0.4) is 0 Å². The average Bonchev–Trinajstić information content (AvgIpc) is 3.41. The van der Waals surface area contributed by atoms with Crippen LogP contribution in [0.25, 0.3) is 0 Å². The molecule has 0 radical (unpaired) electrons. The Morgan fingerprint density at radius 1 is 0.280 bits per heavy atom. The molecule has 0 bridgehead atoms. The van der Waals surface area contributed by atoms with Crippen LogP contribution in [0.1, 0.15) is 278 Å². The van der Waals surface area contributed by atoms with Crippen LogP contribution in [0.15, 0.2) is 122 Å². The Labute approximate surface area is 462 Å². The highest BCUT2D eigenvalue weighted by molar-refractivity contribution is 5.71. The predicted molar refractivity (Wildman–Crippen MR) is 325 cm³/mol. The summed E-state index contributed by atoms with van der Waals surface area (Å²) in [7, 11) is 0. The monoisotopic (exact) mass is 1040 g/mol. The van der Waals surface area contributed by atoms with Gasteiger partial charge < -0.3 is 14.2 Å². The topological polar surface area (TPSA) is 78.9 Å². The van der Waals surface area contributed by atoms with E-state index in [1.54, 1.807) is 0 Å². The van der Waals surface area contributed by atoms with Gasteiger partial charge in [-0.05, 0) is 116 Å². The molecule has 0 fully saturated rings. The lowest BCUT2D eigenvalue weighted by atomic mass is 10.1. The Kier molecular flexibility index (Phi) is 58.9. The van der Waals surface area contributed by atoms with Crippen molar-refractivity contribution in [3.8, 4) is 0 Å². The number of allylic oxidation sites excluding steroid dienone is 20. The number of esters is 3. The molecular formula is C69H114O6. The SMILES string of the molecule is CC/C=C\C/C=C\C/C=C\C/C=C\C/C=C\C/C=C\C/C=C\C/C=C\CCCCCCCCC(=O)OCC(COC(=O)CCCCCCCCCC)OC(=O)CCCCCCCCC/C=C\C/C=C\CCCCCC. The smallest absolute Gasteiger partial charge is 0.306 e. The first-order valence-corrected chi connectivity index (χ1v) is 31.0. The van der Waals surface area contributed by atoms with Crippen LogP contribution in [0, 0.1) is 0 Å². The van der Waals surface area contributed by atoms with Crippen LogP contribution >= 0.6 is 0 Å². The summed E-state index contributed by atoms with van der Waals surface area (Å²) in [5, 5.41) is 0. The molecule has 0 saturated carbocycles. The largest absolute Gasteiger partial charge is 0.462 e. The molecule has 75 heavy (non-hydrogen) atoms. The van der Waals surface area contributed by atoms with Crippen LogP contribution in [0.5, 0.6) is 0 Å². The zero-order valence-corrected chi connectivity index (χ0v) is 48.8. The van der Waals surface area contributed by atoms with Crippen molar-refractivity contribution >= 4 is 17.9 Å². The Balaban J connectivity index is 4.24. The summed E-state index contributed by atoms with van der Waals surface area (Å²) in [6, 6.07) is 0. The standard InChI is InChI=1S/C69H114O6/c1-4-7-10-13-16-19-21-23-25-27-29-30-31-32-33-34-35-36-37-38-39-40-41-43-44-46-48-50-53-56-59-62-68(71)74-65-66(64-73-67(70)61-58-55-52-18-15-12-9-6-3)75-69(72)63-60-57-54-51-49-47-45-42-28-26-24-22-20-17-14-11-8-5-2/h7,10,16,19-20,22-23,25-26,28-30,32-33,35-36,38-39,41,43,66H,4-6,8-9,11-15,17-18,21,24,27,31,34,37,40,42,44-65H2,1-3H3/b10-7-,19-16-,22-20-,25-23-,28-26-,30-29-,33-32-,36-35-,39-38-,43-41-. The number of ether oxygens (including phenoxy) is 3. The molecule has 0 aromatic heterocycles. The van der Waals surface area contributed by atoms with Gasteiger partial charge in [0.1, 0.15) is 13.2 Å². The van der Waals surface area contributed by atoms with Crippen molar-refractivity contribution in [3.05, 3.63) is 122 Å². The first-order chi connectivity index (χ1) is 37.0. The molecule has 6 heteroatoms. The summed E-state index contributed by atoms with van der Waals surface area (Å²) in [5.41, 5.74) is 0. The fourth-order valence-corrected chi connectivity index (χ4v) is 8.31. The number of hydrogen-bond acceptors (Lipinski definition) is 6. The molecule has 0 saturated heterocycles. The molecule has 0 amide bonds. The predicted octanol–water partition coefficient (Wildman–Crippen LogP) is 21.2. The van der Waals surface area contributed by atoms with Crippen LogP contribution in [-0.2, 0) is 28.6 Å². The molecule has 0 heterocycles. The van der Waals surface area contributed by atoms with E-state index in [1.807, 2.05) is 0 Å². The normalized spacial score (nSPS) is 12.9. The van der Waals surface area contributed by atoms with Gasteiger partial charge in [0, 0.05) is 19.3 Å². The van der Waals surface area contributed by atoms with E-state index >= 15 is 0 Å². The molecule has 0 aliphatic heterocycles. The maximum atomic E-state index is 12.8. The van der Waals surface area contributed by atoms with Crippen molar-refractivity contribution < 1.29 is 28.6 Å². The van der Waals surface area contributed by atoms with Gasteiger partial charge >= 0.3 is 17.9 Å². The number of carbonyl (C=O) groups excluding carboxylic acids is 3. The highest BCUT2D eigenvalue weighted by Gasteiger charge is 2.19. The van der Waals surface area contributed by atoms with E-state index in [0.717, 1.165) is 135 Å². The van der Waals surface area contributed by atoms with Gasteiger partial charge in [-0.1, -0.05) is 264 Å². The Hall–Kier alpha value is -4.19. The minimum absolute atomic E-state index is 0.0865. The molecule has 1 unspecified atom stereocenters. The number of rotatable bonds is 55. The van der Waals surface area contributed by atoms with Crippen LogP contribution in [-0.4, -0.2) is 37.2 Å². The quantitative estimate of drug-likeness (QED) is 0.0261. The average molecular weight is 1040 g/mol. The van der Waals surface area contributed by atoms with Gasteiger partial charge in [0.15, 0.2) is 6.10 Å². The van der Waals surface area contributed by atoms with Crippen molar-refractivity contribution in [2.75, 3.05) is 13.2 Å². The lowest BCUT2D eigenvalue weighted by Crippen LogP contribution is -2.30. The van der Waals surface area contributed by atoms with Gasteiger partial charge in [0.2, 0.25) is 0 Å². The summed E-state index contributed by atoms with van der Waals surface area (Å²) in [6.45, 7) is 6.46.